The molecule has 6 heteroatoms. The first-order valence-electron chi connectivity index (χ1n) is 12.0. The highest BCUT2D eigenvalue weighted by Crippen LogP contribution is 2.36. The summed E-state index contributed by atoms with van der Waals surface area (Å²) in [5.41, 5.74) is 3.65. The van der Waals surface area contributed by atoms with Crippen molar-refractivity contribution in [1.82, 2.24) is 14.9 Å². The van der Waals surface area contributed by atoms with Gasteiger partial charge in [-0.15, -0.1) is 11.3 Å². The summed E-state index contributed by atoms with van der Waals surface area (Å²) in [6, 6.07) is 20.3. The largest absolute Gasteiger partial charge is 0.349 e. The number of hydrogen-bond donors (Lipinski definition) is 1. The maximum atomic E-state index is 12.8. The highest BCUT2D eigenvalue weighted by atomic mass is 32.1. The molecular formula is C28H29N3O2S. The Hall–Kier alpha value is -3.25. The summed E-state index contributed by atoms with van der Waals surface area (Å²) in [6.45, 7) is 3.90. The maximum absolute atomic E-state index is 12.8. The van der Waals surface area contributed by atoms with Crippen LogP contribution < -0.4 is 5.32 Å². The average molecular weight is 472 g/mol. The van der Waals surface area contributed by atoms with Crippen molar-refractivity contribution in [3.05, 3.63) is 76.0 Å². The van der Waals surface area contributed by atoms with Crippen LogP contribution >= 0.6 is 11.3 Å². The van der Waals surface area contributed by atoms with E-state index < -0.39 is 0 Å². The number of imidazole rings is 1. The molecule has 1 amide bonds. The van der Waals surface area contributed by atoms with Gasteiger partial charge in [-0.3, -0.25) is 9.59 Å². The number of ketones is 1. The van der Waals surface area contributed by atoms with Crippen molar-refractivity contribution in [2.45, 2.75) is 58.0 Å². The summed E-state index contributed by atoms with van der Waals surface area (Å²) in [4.78, 5) is 32.0. The van der Waals surface area contributed by atoms with E-state index in [1.54, 1.807) is 0 Å². The van der Waals surface area contributed by atoms with Crippen LogP contribution in [-0.4, -0.2) is 27.3 Å². The molecule has 0 radical (unpaired) electrons. The van der Waals surface area contributed by atoms with Gasteiger partial charge >= 0.3 is 0 Å². The quantitative estimate of drug-likeness (QED) is 0.323. The minimum atomic E-state index is 0.0187. The minimum Gasteiger partial charge on any atom is -0.349 e. The van der Waals surface area contributed by atoms with E-state index in [0.717, 1.165) is 57.9 Å². The number of hydrogen-bond acceptors (Lipinski definition) is 4. The van der Waals surface area contributed by atoms with Gasteiger partial charge in [0.15, 0.2) is 5.78 Å². The van der Waals surface area contributed by atoms with Gasteiger partial charge in [0.2, 0.25) is 0 Å². The third kappa shape index (κ3) is 4.42. The predicted molar refractivity (Wildman–Crippen MR) is 138 cm³/mol. The van der Waals surface area contributed by atoms with E-state index in [2.05, 4.69) is 22.0 Å². The molecular weight excluding hydrogens is 442 g/mol. The molecule has 2 heterocycles. The lowest BCUT2D eigenvalue weighted by Crippen LogP contribution is -2.38. The summed E-state index contributed by atoms with van der Waals surface area (Å²) in [7, 11) is 0. The van der Waals surface area contributed by atoms with Crippen LogP contribution in [0.2, 0.25) is 0 Å². The molecule has 34 heavy (non-hydrogen) atoms. The van der Waals surface area contributed by atoms with Crippen LogP contribution in [0.15, 0.2) is 60.7 Å². The standard InChI is InChI=1S/C28H29N3O2S/c1-3-25(32)20-13-14-24-23(16-20)30-27(19-8-5-4-6-9-19)31(24)22-11-7-10-21(17-22)29-28(33)26-15-12-18(2)34-26/h4-6,8-9,12-16,21-22H,3,7,10-11,17H2,1-2H3,(H,29,33). The Morgan fingerprint density at radius 3 is 2.65 bits per heavy atom. The minimum absolute atomic E-state index is 0.0187. The number of carbonyl (C=O) groups excluding carboxylic acids is 2. The maximum Gasteiger partial charge on any atom is 0.261 e. The molecule has 4 aromatic rings. The zero-order chi connectivity index (χ0) is 23.7. The van der Waals surface area contributed by atoms with Crippen molar-refractivity contribution >= 4 is 34.1 Å². The number of aryl methyl sites for hydroxylation is 1. The summed E-state index contributed by atoms with van der Waals surface area (Å²) < 4.78 is 2.33. The van der Waals surface area contributed by atoms with Crippen molar-refractivity contribution < 1.29 is 9.59 Å². The van der Waals surface area contributed by atoms with Gasteiger partial charge in [-0.2, -0.15) is 0 Å². The Morgan fingerprint density at radius 1 is 1.09 bits per heavy atom. The Balaban J connectivity index is 1.49. The normalized spacial score (nSPS) is 18.2. The lowest BCUT2D eigenvalue weighted by Gasteiger charge is -2.32. The number of amides is 1. The first kappa shape index (κ1) is 22.5. The van der Waals surface area contributed by atoms with Crippen LogP contribution in [0.1, 0.15) is 70.0 Å². The van der Waals surface area contributed by atoms with Crippen LogP contribution in [-0.2, 0) is 0 Å². The molecule has 1 aliphatic rings. The summed E-state index contributed by atoms with van der Waals surface area (Å²) >= 11 is 1.54. The smallest absolute Gasteiger partial charge is 0.261 e. The molecule has 1 saturated carbocycles. The van der Waals surface area contributed by atoms with E-state index in [1.807, 2.05) is 62.4 Å². The molecule has 2 unspecified atom stereocenters. The highest BCUT2D eigenvalue weighted by molar-refractivity contribution is 7.13. The van der Waals surface area contributed by atoms with Crippen molar-refractivity contribution in [2.24, 2.45) is 0 Å². The second-order valence-corrected chi connectivity index (χ2v) is 10.3. The van der Waals surface area contributed by atoms with Crippen LogP contribution in [0.25, 0.3) is 22.4 Å². The van der Waals surface area contributed by atoms with Crippen molar-refractivity contribution in [3.63, 3.8) is 0 Å². The molecule has 2 aromatic heterocycles. The van der Waals surface area contributed by atoms with Gasteiger partial charge in [0, 0.05) is 34.5 Å². The summed E-state index contributed by atoms with van der Waals surface area (Å²) in [6.07, 6.45) is 4.39. The SMILES string of the molecule is CCC(=O)c1ccc2c(c1)nc(-c1ccccc1)n2C1CCCC(NC(=O)c2ccc(C)s2)C1. The Morgan fingerprint density at radius 2 is 1.91 bits per heavy atom. The fourth-order valence-electron chi connectivity index (χ4n) is 4.98. The van der Waals surface area contributed by atoms with Gasteiger partial charge in [0.05, 0.1) is 15.9 Å². The number of nitrogens with one attached hydrogen (secondary N) is 1. The fourth-order valence-corrected chi connectivity index (χ4v) is 5.75. The zero-order valence-electron chi connectivity index (χ0n) is 19.6. The van der Waals surface area contributed by atoms with E-state index >= 15 is 0 Å². The molecule has 0 aliphatic heterocycles. The van der Waals surface area contributed by atoms with Crippen LogP contribution in [0.5, 0.6) is 0 Å². The molecule has 0 bridgehead atoms. The molecule has 5 rings (SSSR count). The molecule has 0 saturated heterocycles. The van der Waals surface area contributed by atoms with Gasteiger partial charge in [0.25, 0.3) is 5.91 Å². The average Bonchev–Trinajstić information content (AvgIpc) is 3.47. The number of nitrogens with zero attached hydrogens (tertiary/aromatic N) is 2. The number of thiophene rings is 1. The highest BCUT2D eigenvalue weighted by Gasteiger charge is 2.28. The molecule has 1 aliphatic carbocycles. The van der Waals surface area contributed by atoms with Gasteiger partial charge in [-0.25, -0.2) is 4.98 Å². The monoisotopic (exact) mass is 471 g/mol. The first-order valence-corrected chi connectivity index (χ1v) is 12.8. The molecule has 2 atom stereocenters. The van der Waals surface area contributed by atoms with E-state index in [1.165, 1.54) is 11.3 Å². The molecule has 1 fully saturated rings. The summed E-state index contributed by atoms with van der Waals surface area (Å²) in [5, 5.41) is 3.27. The van der Waals surface area contributed by atoms with Crippen LogP contribution in [0.4, 0.5) is 0 Å². The second-order valence-electron chi connectivity index (χ2n) is 9.05. The van der Waals surface area contributed by atoms with Gasteiger partial charge < -0.3 is 9.88 Å². The Labute approximate surface area is 203 Å². The number of fused-ring (bicyclic) bond motifs is 1. The number of carbonyl (C=O) groups is 2. The lowest BCUT2D eigenvalue weighted by molar-refractivity contribution is 0.0924. The van der Waals surface area contributed by atoms with Gasteiger partial charge in [-0.1, -0.05) is 37.3 Å². The number of rotatable bonds is 6. The third-order valence-electron chi connectivity index (χ3n) is 6.68. The van der Waals surface area contributed by atoms with Crippen LogP contribution in [0.3, 0.4) is 0 Å². The molecule has 174 valence electrons. The third-order valence-corrected chi connectivity index (χ3v) is 7.68. The second kappa shape index (κ2) is 9.55. The molecule has 0 spiro atoms. The van der Waals surface area contributed by atoms with Crippen molar-refractivity contribution in [2.75, 3.05) is 0 Å². The molecule has 1 N–H and O–H groups in total. The predicted octanol–water partition coefficient (Wildman–Crippen LogP) is 6.58. The Bertz CT molecular complexity index is 1340. The first-order chi connectivity index (χ1) is 16.5. The lowest BCUT2D eigenvalue weighted by atomic mass is 9.90. The van der Waals surface area contributed by atoms with E-state index in [0.29, 0.717) is 12.0 Å². The molecule has 5 nitrogen and oxygen atoms in total. The van der Waals surface area contributed by atoms with E-state index in [4.69, 9.17) is 4.98 Å². The number of benzene rings is 2. The van der Waals surface area contributed by atoms with Crippen LogP contribution in [0, 0.1) is 6.92 Å². The topological polar surface area (TPSA) is 64.0 Å². The zero-order valence-corrected chi connectivity index (χ0v) is 20.4. The van der Waals surface area contributed by atoms with Gasteiger partial charge in [-0.05, 0) is 62.9 Å². The van der Waals surface area contributed by atoms with Crippen molar-refractivity contribution in [1.29, 1.82) is 0 Å². The number of Topliss-reactive ketones (excluding diaryl/α,β-unsaturated/α-hetero) is 1. The Kier molecular flexibility index (Phi) is 6.33. The molecule has 2 aromatic carbocycles. The number of aromatic nitrogens is 2. The van der Waals surface area contributed by atoms with E-state index in [9.17, 15) is 9.59 Å². The fraction of sp³-hybridized carbons (Fsp3) is 0.321. The summed E-state index contributed by atoms with van der Waals surface area (Å²) in [5.74, 6) is 1.06. The van der Waals surface area contributed by atoms with Crippen molar-refractivity contribution in [3.8, 4) is 11.4 Å². The van der Waals surface area contributed by atoms with E-state index in [-0.39, 0.29) is 23.8 Å². The van der Waals surface area contributed by atoms with Gasteiger partial charge in [0.1, 0.15) is 5.82 Å².